The van der Waals surface area contributed by atoms with Crippen LogP contribution in [0.4, 0.5) is 10.1 Å². The van der Waals surface area contributed by atoms with Gasteiger partial charge in [-0.1, -0.05) is 41.4 Å². The van der Waals surface area contributed by atoms with Crippen molar-refractivity contribution < 1.29 is 18.7 Å². The maximum atomic E-state index is 13.3. The molecular formula is C24H13Br2Cl2FN2O3S. The van der Waals surface area contributed by atoms with E-state index in [-0.39, 0.29) is 38.8 Å². The number of thiocarbonyl (C=S) groups is 1. The van der Waals surface area contributed by atoms with Crippen molar-refractivity contribution in [1.82, 2.24) is 5.32 Å². The Kier molecular flexibility index (Phi) is 7.92. The lowest BCUT2D eigenvalue weighted by molar-refractivity contribution is -0.122. The average molecular weight is 659 g/mol. The van der Waals surface area contributed by atoms with Crippen molar-refractivity contribution in [2.75, 3.05) is 4.90 Å². The van der Waals surface area contributed by atoms with Crippen molar-refractivity contribution in [2.45, 2.75) is 6.61 Å². The number of halogens is 5. The van der Waals surface area contributed by atoms with Gasteiger partial charge in [0.25, 0.3) is 11.8 Å². The smallest absolute Gasteiger partial charge is 0.270 e. The summed E-state index contributed by atoms with van der Waals surface area (Å²) < 4.78 is 20.1. The molecule has 0 bridgehead atoms. The van der Waals surface area contributed by atoms with Gasteiger partial charge in [0, 0.05) is 0 Å². The summed E-state index contributed by atoms with van der Waals surface area (Å²) >= 11 is 24.5. The molecule has 4 rings (SSSR count). The van der Waals surface area contributed by atoms with E-state index in [9.17, 15) is 14.0 Å². The summed E-state index contributed by atoms with van der Waals surface area (Å²) in [5.41, 5.74) is 1.44. The lowest BCUT2D eigenvalue weighted by Gasteiger charge is -2.29. The van der Waals surface area contributed by atoms with Crippen LogP contribution in [0.25, 0.3) is 6.08 Å². The van der Waals surface area contributed by atoms with Crippen molar-refractivity contribution in [2.24, 2.45) is 0 Å². The highest BCUT2D eigenvalue weighted by Gasteiger charge is 2.35. The first kappa shape index (κ1) is 25.8. The molecule has 1 N–H and O–H groups in total. The quantitative estimate of drug-likeness (QED) is 0.181. The Morgan fingerprint density at radius 1 is 1.06 bits per heavy atom. The van der Waals surface area contributed by atoms with Crippen LogP contribution in [0, 0.1) is 5.82 Å². The van der Waals surface area contributed by atoms with Crippen molar-refractivity contribution in [3.63, 3.8) is 0 Å². The van der Waals surface area contributed by atoms with Crippen LogP contribution in [-0.4, -0.2) is 16.9 Å². The molecule has 0 radical (unpaired) electrons. The van der Waals surface area contributed by atoms with Gasteiger partial charge in [-0.05, 0) is 97.7 Å². The van der Waals surface area contributed by atoms with Gasteiger partial charge in [-0.25, -0.2) is 4.39 Å². The van der Waals surface area contributed by atoms with Gasteiger partial charge in [-0.3, -0.25) is 19.8 Å². The van der Waals surface area contributed by atoms with Crippen LogP contribution in [0.3, 0.4) is 0 Å². The van der Waals surface area contributed by atoms with E-state index in [1.54, 1.807) is 42.5 Å². The fourth-order valence-corrected chi connectivity index (χ4v) is 5.35. The first-order chi connectivity index (χ1) is 16.7. The highest BCUT2D eigenvalue weighted by molar-refractivity contribution is 9.11. The number of ether oxygens (including phenoxy) is 1. The number of anilines is 1. The van der Waals surface area contributed by atoms with E-state index in [1.165, 1.54) is 18.2 Å². The SMILES string of the molecule is O=C1NC(=S)N(c2cccc(Cl)c2Cl)C(=O)/C1=C/c1cc(Br)c(OCc2ccc(F)cc2)c(Br)c1. The van der Waals surface area contributed by atoms with Gasteiger partial charge >= 0.3 is 0 Å². The number of carbonyl (C=O) groups is 2. The summed E-state index contributed by atoms with van der Waals surface area (Å²) in [7, 11) is 0. The summed E-state index contributed by atoms with van der Waals surface area (Å²) in [5.74, 6) is -1.11. The highest BCUT2D eigenvalue weighted by atomic mass is 79.9. The Bertz CT molecular complexity index is 1380. The van der Waals surface area contributed by atoms with Crippen LogP contribution in [0.5, 0.6) is 5.75 Å². The lowest BCUT2D eigenvalue weighted by Crippen LogP contribution is -2.54. The number of nitrogens with zero attached hydrogens (tertiary/aromatic N) is 1. The second-order valence-electron chi connectivity index (χ2n) is 7.26. The fourth-order valence-electron chi connectivity index (χ4n) is 3.24. The van der Waals surface area contributed by atoms with Crippen LogP contribution < -0.4 is 15.0 Å². The summed E-state index contributed by atoms with van der Waals surface area (Å²) in [6.45, 7) is 0.214. The standard InChI is InChI=1S/C24H13Br2Cl2FN2O3S/c25-16-9-13(10-17(26)21(16)34-11-12-4-6-14(29)7-5-12)8-15-22(32)30-24(35)31(23(15)33)19-3-1-2-18(27)20(19)28/h1-10H,11H2,(H,30,32,35)/b15-8+. The highest BCUT2D eigenvalue weighted by Crippen LogP contribution is 2.37. The van der Waals surface area contributed by atoms with E-state index in [0.717, 1.165) is 10.5 Å². The summed E-state index contributed by atoms with van der Waals surface area (Å²) in [6.07, 6.45) is 1.43. The number of amides is 2. The minimum Gasteiger partial charge on any atom is -0.487 e. The molecule has 1 saturated heterocycles. The predicted octanol–water partition coefficient (Wildman–Crippen LogP) is 7.07. The molecule has 0 spiro atoms. The molecule has 35 heavy (non-hydrogen) atoms. The molecule has 0 saturated carbocycles. The third-order valence-corrected chi connectivity index (χ3v) is 7.17. The number of carbonyl (C=O) groups excluding carboxylic acids is 2. The Labute approximate surface area is 232 Å². The van der Waals surface area contributed by atoms with E-state index >= 15 is 0 Å². The minimum atomic E-state index is -0.646. The number of nitrogens with one attached hydrogen (secondary N) is 1. The summed E-state index contributed by atoms with van der Waals surface area (Å²) in [6, 6.07) is 14.1. The van der Waals surface area contributed by atoms with E-state index in [0.29, 0.717) is 20.3 Å². The van der Waals surface area contributed by atoms with Gasteiger partial charge < -0.3 is 4.74 Å². The largest absolute Gasteiger partial charge is 0.487 e. The molecule has 0 aliphatic carbocycles. The average Bonchev–Trinajstić information content (AvgIpc) is 2.80. The topological polar surface area (TPSA) is 58.6 Å². The normalized spacial score (nSPS) is 14.9. The third kappa shape index (κ3) is 5.59. The first-order valence-electron chi connectivity index (χ1n) is 9.87. The molecule has 0 unspecified atom stereocenters. The zero-order valence-electron chi connectivity index (χ0n) is 17.5. The third-order valence-electron chi connectivity index (χ3n) is 4.90. The molecule has 3 aromatic rings. The zero-order chi connectivity index (χ0) is 25.3. The van der Waals surface area contributed by atoms with Crippen LogP contribution in [0.15, 0.2) is 69.1 Å². The van der Waals surface area contributed by atoms with E-state index in [4.69, 9.17) is 40.2 Å². The molecule has 2 amide bonds. The van der Waals surface area contributed by atoms with Gasteiger partial charge in [0.05, 0.1) is 24.7 Å². The van der Waals surface area contributed by atoms with Crippen molar-refractivity contribution in [1.29, 1.82) is 0 Å². The Balaban J connectivity index is 1.63. The predicted molar refractivity (Wildman–Crippen MR) is 145 cm³/mol. The van der Waals surface area contributed by atoms with Crippen LogP contribution in [0.1, 0.15) is 11.1 Å². The first-order valence-corrected chi connectivity index (χ1v) is 12.6. The Morgan fingerprint density at radius 2 is 1.71 bits per heavy atom. The van der Waals surface area contributed by atoms with Crippen LogP contribution in [0.2, 0.25) is 10.0 Å². The van der Waals surface area contributed by atoms with Gasteiger partial charge in [0.15, 0.2) is 5.11 Å². The van der Waals surface area contributed by atoms with Gasteiger partial charge in [0.1, 0.15) is 23.7 Å². The van der Waals surface area contributed by atoms with E-state index in [1.807, 2.05) is 0 Å². The van der Waals surface area contributed by atoms with E-state index < -0.39 is 11.8 Å². The molecule has 3 aromatic carbocycles. The fraction of sp³-hybridized carbons (Fsp3) is 0.0417. The molecular weight excluding hydrogens is 646 g/mol. The number of benzene rings is 3. The molecule has 178 valence electrons. The molecule has 0 aromatic heterocycles. The second kappa shape index (κ2) is 10.8. The molecule has 1 aliphatic rings. The van der Waals surface area contributed by atoms with Gasteiger partial charge in [-0.2, -0.15) is 0 Å². The van der Waals surface area contributed by atoms with Crippen LogP contribution in [-0.2, 0) is 16.2 Å². The molecule has 1 aliphatic heterocycles. The molecule has 0 atom stereocenters. The molecule has 1 fully saturated rings. The minimum absolute atomic E-state index is 0.104. The monoisotopic (exact) mass is 656 g/mol. The lowest BCUT2D eigenvalue weighted by atomic mass is 10.1. The second-order valence-corrected chi connectivity index (χ2v) is 10.1. The maximum Gasteiger partial charge on any atom is 0.270 e. The van der Waals surface area contributed by atoms with Crippen molar-refractivity contribution >= 4 is 96.0 Å². The number of rotatable bonds is 5. The molecule has 11 heteroatoms. The Hall–Kier alpha value is -2.30. The molecule has 5 nitrogen and oxygen atoms in total. The molecule has 1 heterocycles. The van der Waals surface area contributed by atoms with Gasteiger partial charge in [0.2, 0.25) is 0 Å². The maximum absolute atomic E-state index is 13.3. The zero-order valence-corrected chi connectivity index (χ0v) is 23.0. The van der Waals surface area contributed by atoms with Crippen molar-refractivity contribution in [3.05, 3.63) is 96.1 Å². The van der Waals surface area contributed by atoms with E-state index in [2.05, 4.69) is 37.2 Å². The van der Waals surface area contributed by atoms with Crippen LogP contribution >= 0.6 is 67.3 Å². The Morgan fingerprint density at radius 3 is 2.37 bits per heavy atom. The van der Waals surface area contributed by atoms with Crippen molar-refractivity contribution in [3.8, 4) is 5.75 Å². The van der Waals surface area contributed by atoms with Gasteiger partial charge in [-0.15, -0.1) is 0 Å². The number of hydrogen-bond acceptors (Lipinski definition) is 4. The number of hydrogen-bond donors (Lipinski definition) is 1. The summed E-state index contributed by atoms with van der Waals surface area (Å²) in [4.78, 5) is 27.0. The summed E-state index contributed by atoms with van der Waals surface area (Å²) in [5, 5.41) is 2.78.